The van der Waals surface area contributed by atoms with Gasteiger partial charge in [0, 0.05) is 29.3 Å². The van der Waals surface area contributed by atoms with Crippen LogP contribution in [0.25, 0.3) is 0 Å². The lowest BCUT2D eigenvalue weighted by molar-refractivity contribution is -0.133. The van der Waals surface area contributed by atoms with Gasteiger partial charge in [-0.25, -0.2) is 4.79 Å². The largest absolute Gasteiger partial charge is 0.508 e. The minimum atomic E-state index is -1.00. The highest BCUT2D eigenvalue weighted by Gasteiger charge is 2.43. The van der Waals surface area contributed by atoms with Gasteiger partial charge < -0.3 is 15.5 Å². The summed E-state index contributed by atoms with van der Waals surface area (Å²) in [6, 6.07) is 11.1. The zero-order valence-corrected chi connectivity index (χ0v) is 20.6. The number of hydrogen-bond donors (Lipinski definition) is 3. The number of ketones is 1. The minimum Gasteiger partial charge on any atom is -0.508 e. The number of aryl methyl sites for hydroxylation is 3. The highest BCUT2D eigenvalue weighted by molar-refractivity contribution is 6.04. The maximum Gasteiger partial charge on any atom is 0.334 e. The van der Waals surface area contributed by atoms with E-state index in [1.165, 1.54) is 22.3 Å². The molecule has 0 radical (unpaired) electrons. The van der Waals surface area contributed by atoms with E-state index in [-0.39, 0.29) is 28.9 Å². The molecule has 0 saturated heterocycles. The summed E-state index contributed by atoms with van der Waals surface area (Å²) in [4.78, 5) is 26.5. The molecule has 2 aromatic rings. The van der Waals surface area contributed by atoms with Crippen LogP contribution in [0.1, 0.15) is 78.2 Å². The summed E-state index contributed by atoms with van der Waals surface area (Å²) in [5, 5.41) is 24.1. The van der Waals surface area contributed by atoms with Crippen LogP contribution in [0.4, 0.5) is 0 Å². The molecular formula is C30H33NO4. The third kappa shape index (κ3) is 4.18. The number of hydrogen-bond acceptors (Lipinski definition) is 4. The second kappa shape index (κ2) is 9.03. The number of phenols is 1. The van der Waals surface area contributed by atoms with Gasteiger partial charge in [0.2, 0.25) is 0 Å². The van der Waals surface area contributed by atoms with Crippen molar-refractivity contribution in [3.63, 3.8) is 0 Å². The molecule has 5 heteroatoms. The van der Waals surface area contributed by atoms with Gasteiger partial charge in [-0.3, -0.25) is 4.79 Å². The molecule has 0 aromatic heterocycles. The van der Waals surface area contributed by atoms with Crippen LogP contribution in [0, 0.1) is 26.7 Å². The molecule has 0 amide bonds. The molecule has 5 rings (SSSR count). The number of carbonyl (C=O) groups excluding carboxylic acids is 1. The van der Waals surface area contributed by atoms with Crippen molar-refractivity contribution < 1.29 is 19.8 Å². The molecule has 1 fully saturated rings. The second-order valence-electron chi connectivity index (χ2n) is 10.5. The molecule has 3 aliphatic rings. The zero-order valence-electron chi connectivity index (χ0n) is 20.6. The topological polar surface area (TPSA) is 86.6 Å². The summed E-state index contributed by atoms with van der Waals surface area (Å²) in [5.41, 5.74) is 7.90. The number of aromatic hydroxyl groups is 1. The molecule has 2 aliphatic carbocycles. The average Bonchev–Trinajstić information content (AvgIpc) is 3.32. The smallest absolute Gasteiger partial charge is 0.334 e. The normalized spacial score (nSPS) is 22.9. The average molecular weight is 472 g/mol. The molecule has 35 heavy (non-hydrogen) atoms. The van der Waals surface area contributed by atoms with Crippen molar-refractivity contribution in [2.24, 2.45) is 5.92 Å². The van der Waals surface area contributed by atoms with E-state index < -0.39 is 11.9 Å². The number of benzene rings is 2. The third-order valence-electron chi connectivity index (χ3n) is 8.00. The molecule has 1 heterocycles. The van der Waals surface area contributed by atoms with Gasteiger partial charge in [0.15, 0.2) is 5.78 Å². The first-order valence-corrected chi connectivity index (χ1v) is 12.6. The van der Waals surface area contributed by atoms with E-state index in [1.807, 2.05) is 6.07 Å². The monoisotopic (exact) mass is 471 g/mol. The Morgan fingerprint density at radius 3 is 2.29 bits per heavy atom. The summed E-state index contributed by atoms with van der Waals surface area (Å²) in [7, 11) is 0. The number of phenolic OH excluding ortho intramolecular Hbond substituents is 1. The van der Waals surface area contributed by atoms with E-state index in [0.29, 0.717) is 24.0 Å². The van der Waals surface area contributed by atoms with Crippen LogP contribution >= 0.6 is 0 Å². The number of allylic oxidation sites excluding steroid dienone is 3. The number of rotatable bonds is 4. The molecule has 2 aromatic carbocycles. The Hall–Kier alpha value is -3.34. The first kappa shape index (κ1) is 23.4. The maximum atomic E-state index is 13.8. The summed E-state index contributed by atoms with van der Waals surface area (Å²) < 4.78 is 0. The number of carboxylic acids is 1. The fourth-order valence-electron chi connectivity index (χ4n) is 6.77. The number of nitrogens with one attached hydrogen (secondary N) is 1. The molecule has 2 unspecified atom stereocenters. The first-order chi connectivity index (χ1) is 16.7. The Morgan fingerprint density at radius 1 is 0.971 bits per heavy atom. The van der Waals surface area contributed by atoms with E-state index in [9.17, 15) is 19.8 Å². The van der Waals surface area contributed by atoms with E-state index in [4.69, 9.17) is 0 Å². The fraction of sp³-hybridized carbons (Fsp3) is 0.400. The van der Waals surface area contributed by atoms with Crippen molar-refractivity contribution >= 4 is 11.8 Å². The predicted octanol–water partition coefficient (Wildman–Crippen LogP) is 5.93. The quantitative estimate of drug-likeness (QED) is 0.514. The molecule has 3 N–H and O–H groups in total. The van der Waals surface area contributed by atoms with E-state index in [0.717, 1.165) is 37.1 Å². The highest BCUT2D eigenvalue weighted by atomic mass is 16.4. The van der Waals surface area contributed by atoms with Crippen LogP contribution in [0.5, 0.6) is 5.75 Å². The van der Waals surface area contributed by atoms with Gasteiger partial charge in [-0.2, -0.15) is 0 Å². The predicted molar refractivity (Wildman–Crippen MR) is 135 cm³/mol. The lowest BCUT2D eigenvalue weighted by Crippen LogP contribution is -2.38. The van der Waals surface area contributed by atoms with Crippen LogP contribution in [-0.2, 0) is 9.59 Å². The summed E-state index contributed by atoms with van der Waals surface area (Å²) >= 11 is 0. The van der Waals surface area contributed by atoms with Crippen LogP contribution in [-0.4, -0.2) is 22.0 Å². The van der Waals surface area contributed by atoms with Gasteiger partial charge in [0.05, 0.1) is 5.57 Å². The van der Waals surface area contributed by atoms with Crippen molar-refractivity contribution in [3.8, 4) is 5.75 Å². The third-order valence-corrected chi connectivity index (χ3v) is 8.00. The molecular weight excluding hydrogens is 438 g/mol. The van der Waals surface area contributed by atoms with Gasteiger partial charge in [0.1, 0.15) is 5.75 Å². The zero-order chi connectivity index (χ0) is 24.9. The Labute approximate surface area is 206 Å². The number of carbonyl (C=O) groups is 2. The minimum absolute atomic E-state index is 0.0133. The van der Waals surface area contributed by atoms with Crippen molar-refractivity contribution in [3.05, 3.63) is 86.8 Å². The number of aliphatic carboxylic acids is 1. The van der Waals surface area contributed by atoms with E-state index >= 15 is 0 Å². The van der Waals surface area contributed by atoms with Crippen LogP contribution in [0.15, 0.2) is 58.9 Å². The Kier molecular flexibility index (Phi) is 6.04. The second-order valence-corrected chi connectivity index (χ2v) is 10.5. The lowest BCUT2D eigenvalue weighted by atomic mass is 9.70. The molecule has 1 saturated carbocycles. The van der Waals surface area contributed by atoms with E-state index in [2.05, 4.69) is 38.2 Å². The van der Waals surface area contributed by atoms with Gasteiger partial charge in [-0.05, 0) is 86.3 Å². The SMILES string of the molecule is Cc1cc(C)c(C2CC(=O)C3=C(C2)NC(C2CCCC2)=C(C(=O)O)C3c2cccc(O)c2)c(C)c1. The summed E-state index contributed by atoms with van der Waals surface area (Å²) in [6.45, 7) is 6.31. The summed E-state index contributed by atoms with van der Waals surface area (Å²) in [5.74, 6) is -1.42. The van der Waals surface area contributed by atoms with Crippen LogP contribution in [0.3, 0.4) is 0 Å². The maximum absolute atomic E-state index is 13.8. The molecule has 182 valence electrons. The standard InChI is InChI=1S/C30H33NO4/c1-16-11-17(2)25(18(3)12-16)21-14-23-27(24(33)15-21)26(20-9-6-10-22(32)13-20)28(30(34)35)29(31-23)19-7-4-5-8-19/h6,9-13,19,21,26,31-32H,4-5,7-8,14-15H2,1-3H3,(H,34,35). The molecule has 0 bridgehead atoms. The molecule has 2 atom stereocenters. The lowest BCUT2D eigenvalue weighted by Gasteiger charge is -2.39. The van der Waals surface area contributed by atoms with Crippen molar-refractivity contribution in [1.29, 1.82) is 0 Å². The van der Waals surface area contributed by atoms with Crippen LogP contribution in [0.2, 0.25) is 0 Å². The Balaban J connectivity index is 1.66. The van der Waals surface area contributed by atoms with Crippen LogP contribution < -0.4 is 5.32 Å². The molecule has 0 spiro atoms. The van der Waals surface area contributed by atoms with Gasteiger partial charge in [-0.15, -0.1) is 0 Å². The molecule has 5 nitrogen and oxygen atoms in total. The van der Waals surface area contributed by atoms with Gasteiger partial charge >= 0.3 is 5.97 Å². The summed E-state index contributed by atoms with van der Waals surface area (Å²) in [6.07, 6.45) is 5.07. The van der Waals surface area contributed by atoms with Crippen molar-refractivity contribution in [1.82, 2.24) is 5.32 Å². The first-order valence-electron chi connectivity index (χ1n) is 12.6. The highest BCUT2D eigenvalue weighted by Crippen LogP contribution is 2.49. The van der Waals surface area contributed by atoms with E-state index in [1.54, 1.807) is 18.2 Å². The molecule has 1 aliphatic heterocycles. The van der Waals surface area contributed by atoms with Gasteiger partial charge in [-0.1, -0.05) is 42.7 Å². The number of carboxylic acid groups (broad SMARTS) is 1. The number of dihydropyridines is 1. The fourth-order valence-corrected chi connectivity index (χ4v) is 6.77. The Bertz CT molecular complexity index is 1260. The van der Waals surface area contributed by atoms with Crippen molar-refractivity contribution in [2.75, 3.05) is 0 Å². The Morgan fingerprint density at radius 2 is 1.66 bits per heavy atom. The van der Waals surface area contributed by atoms with Crippen molar-refractivity contribution in [2.45, 2.75) is 71.1 Å². The number of Topliss-reactive ketones (excluding diaryl/α,β-unsaturated/α-hetero) is 1. The van der Waals surface area contributed by atoms with Gasteiger partial charge in [0.25, 0.3) is 0 Å².